The van der Waals surface area contributed by atoms with Crippen LogP contribution in [0.2, 0.25) is 0 Å². The van der Waals surface area contributed by atoms with Crippen LogP contribution in [-0.2, 0) is 9.53 Å². The van der Waals surface area contributed by atoms with Crippen molar-refractivity contribution in [3.8, 4) is 0 Å². The van der Waals surface area contributed by atoms with Gasteiger partial charge >= 0.3 is 0 Å². The summed E-state index contributed by atoms with van der Waals surface area (Å²) in [4.78, 5) is 36.4. The van der Waals surface area contributed by atoms with Crippen LogP contribution >= 0.6 is 0 Å². The van der Waals surface area contributed by atoms with Crippen molar-refractivity contribution in [3.63, 3.8) is 0 Å². The molecule has 0 unspecified atom stereocenters. The molecule has 2 atom stereocenters. The minimum Gasteiger partial charge on any atom is -0.364 e. The van der Waals surface area contributed by atoms with Crippen LogP contribution in [0.3, 0.4) is 0 Å². The highest BCUT2D eigenvalue weighted by Crippen LogP contribution is 2.25. The molecule has 122 valence electrons. The maximum atomic E-state index is 12.8. The maximum Gasteiger partial charge on any atom is 0.273 e. The number of carbonyl (C=O) groups is 2. The molecule has 2 saturated heterocycles. The van der Waals surface area contributed by atoms with Crippen molar-refractivity contribution in [3.05, 3.63) is 35.9 Å². The third-order valence-corrected chi connectivity index (χ3v) is 4.53. The van der Waals surface area contributed by atoms with Crippen LogP contribution in [0.25, 0.3) is 0 Å². The van der Waals surface area contributed by atoms with Crippen LogP contribution < -0.4 is 0 Å². The second kappa shape index (κ2) is 6.08. The van der Waals surface area contributed by atoms with Gasteiger partial charge in [0, 0.05) is 30.9 Å². The lowest BCUT2D eigenvalue weighted by Crippen LogP contribution is -2.53. The highest BCUT2D eigenvalue weighted by atomic mass is 16.5. The molecule has 0 aromatic carbocycles. The number of ether oxygens (including phenoxy) is 1. The number of aryl methyl sites for hydroxylation is 1. The van der Waals surface area contributed by atoms with E-state index in [1.807, 2.05) is 13.8 Å². The molecule has 1 aromatic rings. The smallest absolute Gasteiger partial charge is 0.273 e. The molecule has 0 radical (unpaired) electrons. The third kappa shape index (κ3) is 2.72. The van der Waals surface area contributed by atoms with Crippen molar-refractivity contribution >= 4 is 11.8 Å². The van der Waals surface area contributed by atoms with Crippen molar-refractivity contribution in [2.24, 2.45) is 0 Å². The number of rotatable bonds is 3. The van der Waals surface area contributed by atoms with E-state index < -0.39 is 0 Å². The predicted molar refractivity (Wildman–Crippen MR) is 82.8 cm³/mol. The molecule has 1 aromatic heterocycles. The van der Waals surface area contributed by atoms with Crippen LogP contribution in [0.5, 0.6) is 0 Å². The summed E-state index contributed by atoms with van der Waals surface area (Å²) in [5, 5.41) is 0. The van der Waals surface area contributed by atoms with E-state index in [-0.39, 0.29) is 30.6 Å². The molecule has 0 bridgehead atoms. The zero-order valence-electron chi connectivity index (χ0n) is 13.4. The average Bonchev–Trinajstić information content (AvgIpc) is 2.97. The molecular formula is C16H20N4O3. The van der Waals surface area contributed by atoms with Crippen LogP contribution in [-0.4, -0.2) is 70.0 Å². The largest absolute Gasteiger partial charge is 0.364 e. The molecule has 0 spiro atoms. The second-order valence-electron chi connectivity index (χ2n) is 5.89. The van der Waals surface area contributed by atoms with E-state index in [0.29, 0.717) is 25.3 Å². The average molecular weight is 316 g/mol. The highest BCUT2D eigenvalue weighted by Gasteiger charge is 2.44. The minimum atomic E-state index is -0.153. The number of hydrogen-bond donors (Lipinski definition) is 0. The molecule has 0 saturated carbocycles. The lowest BCUT2D eigenvalue weighted by Gasteiger charge is -2.35. The number of fused-ring (bicyclic) bond motifs is 1. The lowest BCUT2D eigenvalue weighted by atomic mass is 10.1. The number of amides is 2. The second-order valence-corrected chi connectivity index (χ2v) is 5.89. The van der Waals surface area contributed by atoms with Gasteiger partial charge in [0.2, 0.25) is 5.91 Å². The molecule has 2 aliphatic heterocycles. The van der Waals surface area contributed by atoms with Crippen molar-refractivity contribution in [1.82, 2.24) is 19.8 Å². The molecule has 2 aliphatic rings. The topological polar surface area (TPSA) is 75.6 Å². The first kappa shape index (κ1) is 15.6. The van der Waals surface area contributed by atoms with Gasteiger partial charge in [0.15, 0.2) is 0 Å². The summed E-state index contributed by atoms with van der Waals surface area (Å²) in [6.07, 6.45) is 2.95. The number of aromatic nitrogens is 2. The summed E-state index contributed by atoms with van der Waals surface area (Å²) in [6, 6.07) is -0.124. The summed E-state index contributed by atoms with van der Waals surface area (Å²) in [7, 11) is 0. The van der Waals surface area contributed by atoms with Gasteiger partial charge in [-0.3, -0.25) is 9.59 Å². The van der Waals surface area contributed by atoms with Gasteiger partial charge in [-0.2, -0.15) is 0 Å². The Balaban J connectivity index is 1.81. The minimum absolute atomic E-state index is 0.0582. The van der Waals surface area contributed by atoms with Gasteiger partial charge in [-0.15, -0.1) is 6.58 Å². The van der Waals surface area contributed by atoms with E-state index in [9.17, 15) is 9.59 Å². The predicted octanol–water partition coefficient (Wildman–Crippen LogP) is 0.331. The lowest BCUT2D eigenvalue weighted by molar-refractivity contribution is -0.151. The first-order valence-electron chi connectivity index (χ1n) is 7.62. The van der Waals surface area contributed by atoms with Crippen LogP contribution in [0.4, 0.5) is 0 Å². The summed E-state index contributed by atoms with van der Waals surface area (Å²) >= 11 is 0. The molecule has 23 heavy (non-hydrogen) atoms. The molecule has 3 heterocycles. The Morgan fingerprint density at radius 1 is 1.43 bits per heavy atom. The fourth-order valence-corrected chi connectivity index (χ4v) is 3.11. The van der Waals surface area contributed by atoms with Gasteiger partial charge in [0.05, 0.1) is 12.1 Å². The normalized spacial score (nSPS) is 23.8. The van der Waals surface area contributed by atoms with E-state index in [0.717, 1.165) is 11.3 Å². The zero-order chi connectivity index (χ0) is 16.6. The Labute approximate surface area is 135 Å². The van der Waals surface area contributed by atoms with E-state index in [2.05, 4.69) is 16.5 Å². The first-order valence-corrected chi connectivity index (χ1v) is 7.62. The van der Waals surface area contributed by atoms with E-state index in [1.165, 1.54) is 6.33 Å². The molecule has 0 aliphatic carbocycles. The molecule has 3 rings (SSSR count). The summed E-state index contributed by atoms with van der Waals surface area (Å²) < 4.78 is 5.61. The number of morpholine rings is 1. The summed E-state index contributed by atoms with van der Waals surface area (Å²) in [5.41, 5.74) is 1.99. The fraction of sp³-hybridized carbons (Fsp3) is 0.500. The summed E-state index contributed by atoms with van der Waals surface area (Å²) in [6.45, 7) is 8.83. The molecule has 2 fully saturated rings. The zero-order valence-corrected chi connectivity index (χ0v) is 13.4. The Kier molecular flexibility index (Phi) is 4.12. The number of likely N-dealkylation sites (tertiary alicyclic amines) is 1. The molecule has 0 N–H and O–H groups in total. The van der Waals surface area contributed by atoms with E-state index >= 15 is 0 Å². The third-order valence-electron chi connectivity index (χ3n) is 4.53. The summed E-state index contributed by atoms with van der Waals surface area (Å²) in [5.74, 6) is -0.202. The van der Waals surface area contributed by atoms with Gasteiger partial charge in [-0.1, -0.05) is 6.08 Å². The van der Waals surface area contributed by atoms with Crippen LogP contribution in [0, 0.1) is 13.8 Å². The van der Waals surface area contributed by atoms with Crippen LogP contribution in [0.15, 0.2) is 19.0 Å². The molecular weight excluding hydrogens is 296 g/mol. The van der Waals surface area contributed by atoms with Crippen molar-refractivity contribution in [2.75, 3.05) is 26.2 Å². The maximum absolute atomic E-state index is 12.8. The van der Waals surface area contributed by atoms with Gasteiger partial charge in [-0.25, -0.2) is 9.97 Å². The first-order chi connectivity index (χ1) is 11.0. The van der Waals surface area contributed by atoms with Crippen molar-refractivity contribution in [1.29, 1.82) is 0 Å². The van der Waals surface area contributed by atoms with Gasteiger partial charge in [-0.05, 0) is 13.8 Å². The van der Waals surface area contributed by atoms with Gasteiger partial charge in [0.1, 0.15) is 18.6 Å². The number of carbonyl (C=O) groups excluding carboxylic acids is 2. The van der Waals surface area contributed by atoms with Gasteiger partial charge in [0.25, 0.3) is 5.91 Å². The van der Waals surface area contributed by atoms with Crippen LogP contribution in [0.1, 0.15) is 21.7 Å². The SMILES string of the molecule is C=CCN1C(=O)CO[C@@H]2CN(C(=O)c3ncnc(C)c3C)C[C@H]21. The van der Waals surface area contributed by atoms with Crippen molar-refractivity contribution in [2.45, 2.75) is 26.0 Å². The van der Waals surface area contributed by atoms with E-state index in [4.69, 9.17) is 4.74 Å². The van der Waals surface area contributed by atoms with E-state index in [1.54, 1.807) is 15.9 Å². The molecule has 2 amide bonds. The Morgan fingerprint density at radius 2 is 2.22 bits per heavy atom. The number of nitrogens with zero attached hydrogens (tertiary/aromatic N) is 4. The standard InChI is InChI=1S/C16H20N4O3/c1-4-5-20-12-6-19(7-13(12)23-8-14(20)21)16(22)15-10(2)11(3)17-9-18-15/h4,9,12-13H,1,5-8H2,2-3H3/t12-,13-/m1/s1. The quantitative estimate of drug-likeness (QED) is 0.751. The Hall–Kier alpha value is -2.28. The van der Waals surface area contributed by atoms with Gasteiger partial charge < -0.3 is 14.5 Å². The monoisotopic (exact) mass is 316 g/mol. The molecule has 7 heteroatoms. The van der Waals surface area contributed by atoms with Crippen molar-refractivity contribution < 1.29 is 14.3 Å². The molecule has 7 nitrogen and oxygen atoms in total. The fourth-order valence-electron chi connectivity index (χ4n) is 3.11. The Morgan fingerprint density at radius 3 is 2.96 bits per heavy atom. The Bertz CT molecular complexity index is 661. The number of hydrogen-bond acceptors (Lipinski definition) is 5. The highest BCUT2D eigenvalue weighted by molar-refractivity contribution is 5.94.